The lowest BCUT2D eigenvalue weighted by Crippen LogP contribution is -1.99. The van der Waals surface area contributed by atoms with E-state index < -0.39 is 0 Å². The highest BCUT2D eigenvalue weighted by Gasteiger charge is 1.99. The molecule has 11 heavy (non-hydrogen) atoms. The van der Waals surface area contributed by atoms with Crippen LogP contribution in [-0.4, -0.2) is 18.0 Å². The number of nitrogens with two attached hydrogens (primary N) is 1. The molecule has 0 amide bonds. The highest BCUT2D eigenvalue weighted by atomic mass is 32.1. The van der Waals surface area contributed by atoms with Crippen molar-refractivity contribution in [3.05, 3.63) is 10.9 Å². The maximum absolute atomic E-state index is 5.37. The average Bonchev–Trinajstić information content (AvgIpc) is 2.48. The maximum atomic E-state index is 5.37. The molecular formula is C7H12N2OS. The van der Waals surface area contributed by atoms with Gasteiger partial charge in [0, 0.05) is 10.9 Å². The Bertz CT molecular complexity index is 212. The Morgan fingerprint density at radius 3 is 3.09 bits per heavy atom. The molecule has 0 aliphatic rings. The molecule has 62 valence electrons. The standard InChI is InChI=1S/C7H12N2OS/c1-10-7-5-6(11-9-7)3-2-4-8/h5H,2-4,8H2,1H3. The molecule has 0 spiro atoms. The van der Waals surface area contributed by atoms with E-state index in [1.54, 1.807) is 7.11 Å². The first-order valence-corrected chi connectivity index (χ1v) is 4.34. The Labute approximate surface area is 70.3 Å². The van der Waals surface area contributed by atoms with Gasteiger partial charge in [-0.05, 0) is 30.9 Å². The second kappa shape index (κ2) is 4.31. The van der Waals surface area contributed by atoms with Gasteiger partial charge in [-0.1, -0.05) is 0 Å². The second-order valence-corrected chi connectivity index (χ2v) is 3.12. The minimum Gasteiger partial charge on any atom is -0.480 e. The molecule has 1 heterocycles. The third-order valence-corrected chi connectivity index (χ3v) is 2.20. The maximum Gasteiger partial charge on any atom is 0.225 e. The molecule has 0 unspecified atom stereocenters. The van der Waals surface area contributed by atoms with E-state index in [1.807, 2.05) is 6.07 Å². The van der Waals surface area contributed by atoms with Crippen molar-refractivity contribution < 1.29 is 4.74 Å². The van der Waals surface area contributed by atoms with Crippen LogP contribution in [0.15, 0.2) is 6.07 Å². The first-order valence-electron chi connectivity index (χ1n) is 3.56. The van der Waals surface area contributed by atoms with E-state index in [-0.39, 0.29) is 0 Å². The predicted molar refractivity (Wildman–Crippen MR) is 46.0 cm³/mol. The summed E-state index contributed by atoms with van der Waals surface area (Å²) in [5.74, 6) is 0.710. The van der Waals surface area contributed by atoms with Crippen LogP contribution in [0.25, 0.3) is 0 Å². The fourth-order valence-electron chi connectivity index (χ4n) is 0.784. The number of rotatable bonds is 4. The average molecular weight is 172 g/mol. The summed E-state index contributed by atoms with van der Waals surface area (Å²) in [6.07, 6.45) is 2.03. The van der Waals surface area contributed by atoms with E-state index in [0.29, 0.717) is 5.88 Å². The fraction of sp³-hybridized carbons (Fsp3) is 0.571. The summed E-state index contributed by atoms with van der Waals surface area (Å²) in [7, 11) is 1.63. The number of methoxy groups -OCH3 is 1. The molecule has 0 aliphatic heterocycles. The summed E-state index contributed by atoms with van der Waals surface area (Å²) in [5.41, 5.74) is 5.37. The Morgan fingerprint density at radius 1 is 1.73 bits per heavy atom. The minimum absolute atomic E-state index is 0.710. The lowest BCUT2D eigenvalue weighted by atomic mass is 10.3. The van der Waals surface area contributed by atoms with Crippen LogP contribution < -0.4 is 10.5 Å². The second-order valence-electron chi connectivity index (χ2n) is 2.23. The van der Waals surface area contributed by atoms with Crippen LogP contribution in [0.3, 0.4) is 0 Å². The topological polar surface area (TPSA) is 48.1 Å². The van der Waals surface area contributed by atoms with Crippen LogP contribution in [0, 0.1) is 0 Å². The van der Waals surface area contributed by atoms with Gasteiger partial charge < -0.3 is 10.5 Å². The smallest absolute Gasteiger partial charge is 0.225 e. The van der Waals surface area contributed by atoms with E-state index in [0.717, 1.165) is 19.4 Å². The zero-order valence-corrected chi connectivity index (χ0v) is 7.36. The van der Waals surface area contributed by atoms with Crippen molar-refractivity contribution in [2.75, 3.05) is 13.7 Å². The van der Waals surface area contributed by atoms with E-state index in [4.69, 9.17) is 10.5 Å². The van der Waals surface area contributed by atoms with Crippen LogP contribution in [0.5, 0.6) is 5.88 Å². The van der Waals surface area contributed by atoms with Gasteiger partial charge in [0.2, 0.25) is 5.88 Å². The molecule has 0 aromatic carbocycles. The normalized spacial score (nSPS) is 10.0. The van der Waals surface area contributed by atoms with Crippen LogP contribution >= 0.6 is 11.5 Å². The SMILES string of the molecule is COc1cc(CCCN)sn1. The number of hydrogen-bond donors (Lipinski definition) is 1. The number of ether oxygens (including phenoxy) is 1. The summed E-state index contributed by atoms with van der Waals surface area (Å²) in [4.78, 5) is 1.24. The lowest BCUT2D eigenvalue weighted by molar-refractivity contribution is 0.402. The van der Waals surface area contributed by atoms with Gasteiger partial charge in [0.05, 0.1) is 7.11 Å². The van der Waals surface area contributed by atoms with Crippen molar-refractivity contribution in [3.8, 4) is 5.88 Å². The quantitative estimate of drug-likeness (QED) is 0.738. The van der Waals surface area contributed by atoms with E-state index in [2.05, 4.69) is 4.37 Å². The van der Waals surface area contributed by atoms with E-state index in [9.17, 15) is 0 Å². The minimum atomic E-state index is 0.710. The summed E-state index contributed by atoms with van der Waals surface area (Å²) in [5, 5.41) is 0. The first kappa shape index (κ1) is 8.49. The summed E-state index contributed by atoms with van der Waals surface area (Å²) < 4.78 is 9.01. The molecule has 3 nitrogen and oxygen atoms in total. The first-order chi connectivity index (χ1) is 5.36. The van der Waals surface area contributed by atoms with Crippen molar-refractivity contribution in [3.63, 3.8) is 0 Å². The summed E-state index contributed by atoms with van der Waals surface area (Å²) in [6.45, 7) is 0.736. The Balaban J connectivity index is 2.44. The Hall–Kier alpha value is -0.610. The van der Waals surface area contributed by atoms with Gasteiger partial charge >= 0.3 is 0 Å². The predicted octanol–water partition coefficient (Wildman–Crippen LogP) is 1.04. The molecule has 1 rings (SSSR count). The van der Waals surface area contributed by atoms with Gasteiger partial charge in [0.15, 0.2) is 0 Å². The van der Waals surface area contributed by atoms with Crippen LogP contribution in [0.4, 0.5) is 0 Å². The number of aromatic nitrogens is 1. The summed E-state index contributed by atoms with van der Waals surface area (Å²) >= 11 is 1.48. The molecule has 4 heteroatoms. The summed E-state index contributed by atoms with van der Waals surface area (Å²) in [6, 6.07) is 1.96. The van der Waals surface area contributed by atoms with Crippen LogP contribution in [-0.2, 0) is 6.42 Å². The molecule has 1 aromatic heterocycles. The van der Waals surface area contributed by atoms with Crippen molar-refractivity contribution in [2.45, 2.75) is 12.8 Å². The third-order valence-electron chi connectivity index (χ3n) is 1.37. The van der Waals surface area contributed by atoms with Crippen LogP contribution in [0.2, 0.25) is 0 Å². The Morgan fingerprint density at radius 2 is 2.55 bits per heavy atom. The van der Waals surface area contributed by atoms with Gasteiger partial charge in [0.1, 0.15) is 0 Å². The van der Waals surface area contributed by atoms with E-state index >= 15 is 0 Å². The van der Waals surface area contributed by atoms with Gasteiger partial charge in [-0.25, -0.2) is 0 Å². The number of hydrogen-bond acceptors (Lipinski definition) is 4. The van der Waals surface area contributed by atoms with Gasteiger partial charge in [0.25, 0.3) is 0 Å². The molecule has 0 radical (unpaired) electrons. The molecule has 2 N–H and O–H groups in total. The zero-order chi connectivity index (χ0) is 8.10. The molecule has 0 atom stereocenters. The molecule has 0 saturated carbocycles. The van der Waals surface area contributed by atoms with Crippen molar-refractivity contribution in [1.82, 2.24) is 4.37 Å². The highest BCUT2D eigenvalue weighted by Crippen LogP contribution is 2.16. The zero-order valence-electron chi connectivity index (χ0n) is 6.54. The molecular weight excluding hydrogens is 160 g/mol. The Kier molecular flexibility index (Phi) is 3.32. The lowest BCUT2D eigenvalue weighted by Gasteiger charge is -1.90. The highest BCUT2D eigenvalue weighted by molar-refractivity contribution is 7.05. The molecule has 0 fully saturated rings. The molecule has 0 aliphatic carbocycles. The molecule has 0 bridgehead atoms. The van der Waals surface area contributed by atoms with Crippen molar-refractivity contribution in [1.29, 1.82) is 0 Å². The largest absolute Gasteiger partial charge is 0.480 e. The van der Waals surface area contributed by atoms with Crippen molar-refractivity contribution in [2.24, 2.45) is 5.73 Å². The van der Waals surface area contributed by atoms with E-state index in [1.165, 1.54) is 16.4 Å². The van der Waals surface area contributed by atoms with Gasteiger partial charge in [-0.15, -0.1) is 0 Å². The van der Waals surface area contributed by atoms with Crippen LogP contribution in [0.1, 0.15) is 11.3 Å². The monoisotopic (exact) mass is 172 g/mol. The number of aryl methyl sites for hydroxylation is 1. The van der Waals surface area contributed by atoms with Gasteiger partial charge in [-0.3, -0.25) is 0 Å². The van der Waals surface area contributed by atoms with Crippen molar-refractivity contribution >= 4 is 11.5 Å². The fourth-order valence-corrected chi connectivity index (χ4v) is 1.51. The third kappa shape index (κ3) is 2.48. The van der Waals surface area contributed by atoms with Gasteiger partial charge in [-0.2, -0.15) is 4.37 Å². The number of nitrogens with zero attached hydrogens (tertiary/aromatic N) is 1. The molecule has 1 aromatic rings. The molecule has 0 saturated heterocycles.